The van der Waals surface area contributed by atoms with Gasteiger partial charge in [0.25, 0.3) is 0 Å². The monoisotopic (exact) mass is 324 g/mol. The van der Waals surface area contributed by atoms with Crippen LogP contribution in [0, 0.1) is 0 Å². The maximum atomic E-state index is 11.9. The molecular formula is C17H16N4O3. The smallest absolute Gasteiger partial charge is 0.349 e. The maximum absolute atomic E-state index is 11.9. The molecule has 0 bridgehead atoms. The van der Waals surface area contributed by atoms with Gasteiger partial charge < -0.3 is 9.47 Å². The minimum atomic E-state index is -0.483. The number of esters is 1. The molecule has 0 aliphatic heterocycles. The summed E-state index contributed by atoms with van der Waals surface area (Å²) in [6.07, 6.45) is 2.42. The molecule has 0 fully saturated rings. The fourth-order valence-corrected chi connectivity index (χ4v) is 2.09. The summed E-state index contributed by atoms with van der Waals surface area (Å²) < 4.78 is 12.2. The van der Waals surface area contributed by atoms with Gasteiger partial charge in [0.15, 0.2) is 6.61 Å². The second-order valence-corrected chi connectivity index (χ2v) is 5.01. The maximum Gasteiger partial charge on any atom is 0.349 e. The Morgan fingerprint density at radius 2 is 1.96 bits per heavy atom. The average Bonchev–Trinajstić information content (AvgIpc) is 3.15. The number of ether oxygens (including phenoxy) is 2. The molecule has 0 aliphatic rings. The zero-order valence-corrected chi connectivity index (χ0v) is 13.1. The number of hydrogen-bond acceptors (Lipinski definition) is 6. The minimum absolute atomic E-state index is 0.166. The van der Waals surface area contributed by atoms with Crippen LogP contribution in [0.2, 0.25) is 0 Å². The van der Waals surface area contributed by atoms with Gasteiger partial charge in [0.05, 0.1) is 5.69 Å². The van der Waals surface area contributed by atoms with Crippen molar-refractivity contribution in [3.63, 3.8) is 0 Å². The Bertz CT molecular complexity index is 801. The molecule has 3 aromatic rings. The molecule has 7 nitrogen and oxygen atoms in total. The van der Waals surface area contributed by atoms with Crippen LogP contribution in [0.15, 0.2) is 54.9 Å². The van der Waals surface area contributed by atoms with E-state index in [9.17, 15) is 4.79 Å². The molecule has 7 heteroatoms. The lowest BCUT2D eigenvalue weighted by Gasteiger charge is -2.08. The zero-order chi connectivity index (χ0) is 16.8. The van der Waals surface area contributed by atoms with Crippen molar-refractivity contribution in [2.24, 2.45) is 0 Å². The number of nitrogens with zero attached hydrogens (tertiary/aromatic N) is 4. The topological polar surface area (TPSA) is 79.1 Å². The number of aromatic nitrogens is 4. The van der Waals surface area contributed by atoms with E-state index < -0.39 is 5.97 Å². The third kappa shape index (κ3) is 3.95. The SMILES string of the molecule is CCc1ccc(OCC(=O)Oc2cccc(-n3cnnn3)c2)cc1. The molecule has 0 saturated carbocycles. The molecule has 0 unspecified atom stereocenters. The highest BCUT2D eigenvalue weighted by Crippen LogP contribution is 2.16. The average molecular weight is 324 g/mol. The van der Waals surface area contributed by atoms with Crippen molar-refractivity contribution >= 4 is 5.97 Å². The van der Waals surface area contributed by atoms with Gasteiger partial charge in [0.2, 0.25) is 0 Å². The van der Waals surface area contributed by atoms with Crippen LogP contribution >= 0.6 is 0 Å². The normalized spacial score (nSPS) is 10.4. The van der Waals surface area contributed by atoms with E-state index in [-0.39, 0.29) is 6.61 Å². The lowest BCUT2D eigenvalue weighted by atomic mass is 10.2. The molecule has 0 amide bonds. The molecule has 0 N–H and O–H groups in total. The van der Waals surface area contributed by atoms with Gasteiger partial charge in [-0.25, -0.2) is 9.48 Å². The van der Waals surface area contributed by atoms with E-state index in [1.165, 1.54) is 16.6 Å². The number of carbonyl (C=O) groups is 1. The first kappa shape index (κ1) is 15.7. The Kier molecular flexibility index (Phi) is 4.81. The highest BCUT2D eigenvalue weighted by Gasteiger charge is 2.08. The van der Waals surface area contributed by atoms with Gasteiger partial charge in [-0.1, -0.05) is 25.1 Å². The van der Waals surface area contributed by atoms with Crippen LogP contribution in [-0.2, 0) is 11.2 Å². The number of benzene rings is 2. The van der Waals surface area contributed by atoms with Crippen LogP contribution in [-0.4, -0.2) is 32.8 Å². The van der Waals surface area contributed by atoms with Crippen LogP contribution in [0.3, 0.4) is 0 Å². The molecule has 0 saturated heterocycles. The number of tetrazole rings is 1. The lowest BCUT2D eigenvalue weighted by Crippen LogP contribution is -2.17. The van der Waals surface area contributed by atoms with Crippen LogP contribution in [0.4, 0.5) is 0 Å². The van der Waals surface area contributed by atoms with E-state index in [0.29, 0.717) is 17.2 Å². The zero-order valence-electron chi connectivity index (χ0n) is 13.1. The third-order valence-corrected chi connectivity index (χ3v) is 3.35. The first-order chi connectivity index (χ1) is 11.7. The summed E-state index contributed by atoms with van der Waals surface area (Å²) in [5.74, 6) is 0.549. The molecule has 3 rings (SSSR count). The summed E-state index contributed by atoms with van der Waals surface area (Å²) in [6, 6.07) is 14.5. The van der Waals surface area contributed by atoms with Crippen molar-refractivity contribution in [2.75, 3.05) is 6.61 Å². The molecule has 0 spiro atoms. The molecule has 1 aromatic heterocycles. The number of aryl methyl sites for hydroxylation is 1. The fourth-order valence-electron chi connectivity index (χ4n) is 2.09. The molecule has 122 valence electrons. The Balaban J connectivity index is 1.57. The van der Waals surface area contributed by atoms with Gasteiger partial charge in [-0.3, -0.25) is 0 Å². The summed E-state index contributed by atoms with van der Waals surface area (Å²) in [7, 11) is 0. The van der Waals surface area contributed by atoms with Crippen molar-refractivity contribution in [1.82, 2.24) is 20.2 Å². The molecular weight excluding hydrogens is 308 g/mol. The van der Waals surface area contributed by atoms with Gasteiger partial charge in [0, 0.05) is 6.07 Å². The second kappa shape index (κ2) is 7.36. The number of hydrogen-bond donors (Lipinski definition) is 0. The van der Waals surface area contributed by atoms with E-state index in [0.717, 1.165) is 6.42 Å². The lowest BCUT2D eigenvalue weighted by molar-refractivity contribution is -0.136. The Morgan fingerprint density at radius 1 is 1.12 bits per heavy atom. The summed E-state index contributed by atoms with van der Waals surface area (Å²) in [5, 5.41) is 10.9. The quantitative estimate of drug-likeness (QED) is 0.511. The predicted molar refractivity (Wildman–Crippen MR) is 86.1 cm³/mol. The minimum Gasteiger partial charge on any atom is -0.482 e. The van der Waals surface area contributed by atoms with Gasteiger partial charge in [-0.05, 0) is 46.7 Å². The van der Waals surface area contributed by atoms with Crippen molar-refractivity contribution in [3.8, 4) is 17.2 Å². The van der Waals surface area contributed by atoms with E-state index in [4.69, 9.17) is 9.47 Å². The Labute approximate surface area is 138 Å². The Hall–Kier alpha value is -3.22. The van der Waals surface area contributed by atoms with Crippen LogP contribution in [0.25, 0.3) is 5.69 Å². The molecule has 2 aromatic carbocycles. The highest BCUT2D eigenvalue weighted by molar-refractivity contribution is 5.74. The van der Waals surface area contributed by atoms with Crippen LogP contribution in [0.5, 0.6) is 11.5 Å². The number of rotatable bonds is 6. The Morgan fingerprint density at radius 3 is 2.67 bits per heavy atom. The standard InChI is InChI=1S/C17H16N4O3/c1-2-13-6-8-15(9-7-13)23-11-17(22)24-16-5-3-4-14(10-16)21-12-18-19-20-21/h3-10,12H,2,11H2,1H3. The van der Waals surface area contributed by atoms with Gasteiger partial charge in [-0.2, -0.15) is 0 Å². The van der Waals surface area contributed by atoms with E-state index >= 15 is 0 Å². The fraction of sp³-hybridized carbons (Fsp3) is 0.176. The van der Waals surface area contributed by atoms with Crippen molar-refractivity contribution < 1.29 is 14.3 Å². The summed E-state index contributed by atoms with van der Waals surface area (Å²) in [4.78, 5) is 11.9. The van der Waals surface area contributed by atoms with Crippen molar-refractivity contribution in [3.05, 3.63) is 60.4 Å². The van der Waals surface area contributed by atoms with Gasteiger partial charge in [0.1, 0.15) is 17.8 Å². The molecule has 1 heterocycles. The van der Waals surface area contributed by atoms with Gasteiger partial charge in [-0.15, -0.1) is 5.10 Å². The first-order valence-electron chi connectivity index (χ1n) is 7.50. The molecule has 0 atom stereocenters. The second-order valence-electron chi connectivity index (χ2n) is 5.01. The molecule has 0 aliphatic carbocycles. The van der Waals surface area contributed by atoms with Crippen LogP contribution in [0.1, 0.15) is 12.5 Å². The predicted octanol–water partition coefficient (Wildman–Crippen LogP) is 2.21. The van der Waals surface area contributed by atoms with Crippen molar-refractivity contribution in [2.45, 2.75) is 13.3 Å². The summed E-state index contributed by atoms with van der Waals surface area (Å²) >= 11 is 0. The van der Waals surface area contributed by atoms with E-state index in [1.807, 2.05) is 24.3 Å². The number of carbonyl (C=O) groups excluding carboxylic acids is 1. The highest BCUT2D eigenvalue weighted by atomic mass is 16.6. The summed E-state index contributed by atoms with van der Waals surface area (Å²) in [6.45, 7) is 1.91. The van der Waals surface area contributed by atoms with Gasteiger partial charge >= 0.3 is 5.97 Å². The van der Waals surface area contributed by atoms with Crippen LogP contribution < -0.4 is 9.47 Å². The summed E-state index contributed by atoms with van der Waals surface area (Å²) in [5.41, 5.74) is 1.91. The molecule has 0 radical (unpaired) electrons. The van der Waals surface area contributed by atoms with Crippen molar-refractivity contribution in [1.29, 1.82) is 0 Å². The first-order valence-corrected chi connectivity index (χ1v) is 7.50. The van der Waals surface area contributed by atoms with E-state index in [1.54, 1.807) is 24.3 Å². The third-order valence-electron chi connectivity index (χ3n) is 3.35. The largest absolute Gasteiger partial charge is 0.482 e. The molecule has 24 heavy (non-hydrogen) atoms. The van der Waals surface area contributed by atoms with E-state index in [2.05, 4.69) is 22.4 Å².